The number of ether oxygens (including phenoxy) is 2. The molecule has 5 heteroatoms. The largest absolute Gasteiger partial charge is 0.462 e. The lowest BCUT2D eigenvalue weighted by atomic mass is 10.1. The first-order valence-corrected chi connectivity index (χ1v) is 18.9. The number of hydrogen-bond acceptors (Lipinski definition) is 5. The van der Waals surface area contributed by atoms with Crippen LogP contribution in [0.15, 0.2) is 24.3 Å². The Morgan fingerprint density at radius 3 is 1.23 bits per heavy atom. The van der Waals surface area contributed by atoms with Crippen LogP contribution in [-0.2, 0) is 19.1 Å². The standard InChI is InChI=1S/C39H72O5/c1-3-5-7-9-11-13-15-17-19-21-23-25-27-29-31-33-38(41)43-36-37(35-40)44-39(42)34-32-30-28-26-24-22-20-18-16-14-12-10-8-6-4-2/h17-20,37,40H,3-16,21-36H2,1-2H3/b19-17-,20-18-/t37-/m0/s1. The number of unbranched alkanes of at least 4 members (excludes halogenated alkanes) is 22. The zero-order chi connectivity index (χ0) is 32.2. The van der Waals surface area contributed by atoms with E-state index in [4.69, 9.17) is 9.47 Å². The van der Waals surface area contributed by atoms with Crippen LogP contribution in [0.4, 0.5) is 0 Å². The minimum Gasteiger partial charge on any atom is -0.462 e. The minimum absolute atomic E-state index is 0.0709. The Hall–Kier alpha value is -1.62. The van der Waals surface area contributed by atoms with Crippen molar-refractivity contribution in [1.82, 2.24) is 0 Å². The monoisotopic (exact) mass is 621 g/mol. The van der Waals surface area contributed by atoms with Crippen molar-refractivity contribution in [3.05, 3.63) is 24.3 Å². The van der Waals surface area contributed by atoms with Gasteiger partial charge in [-0.15, -0.1) is 0 Å². The molecule has 0 radical (unpaired) electrons. The second-order valence-corrected chi connectivity index (χ2v) is 12.6. The van der Waals surface area contributed by atoms with Gasteiger partial charge in [-0.1, -0.05) is 141 Å². The van der Waals surface area contributed by atoms with E-state index in [0.717, 1.165) is 51.4 Å². The molecule has 0 unspecified atom stereocenters. The van der Waals surface area contributed by atoms with E-state index in [-0.39, 0.29) is 25.2 Å². The van der Waals surface area contributed by atoms with Crippen molar-refractivity contribution >= 4 is 11.9 Å². The molecule has 0 spiro atoms. The first kappa shape index (κ1) is 42.4. The number of aliphatic hydroxyl groups is 1. The van der Waals surface area contributed by atoms with Crippen molar-refractivity contribution in [2.45, 2.75) is 200 Å². The number of rotatable bonds is 34. The number of carbonyl (C=O) groups is 2. The molecule has 0 aromatic heterocycles. The fourth-order valence-corrected chi connectivity index (χ4v) is 5.31. The van der Waals surface area contributed by atoms with Crippen LogP contribution in [0.25, 0.3) is 0 Å². The maximum Gasteiger partial charge on any atom is 0.306 e. The summed E-state index contributed by atoms with van der Waals surface area (Å²) in [5, 5.41) is 9.53. The van der Waals surface area contributed by atoms with Crippen LogP contribution < -0.4 is 0 Å². The molecular formula is C39H72O5. The summed E-state index contributed by atoms with van der Waals surface area (Å²) in [7, 11) is 0. The van der Waals surface area contributed by atoms with Crippen molar-refractivity contribution in [2.24, 2.45) is 0 Å². The molecule has 0 heterocycles. The van der Waals surface area contributed by atoms with Crippen LogP contribution >= 0.6 is 0 Å². The maximum absolute atomic E-state index is 12.1. The highest BCUT2D eigenvalue weighted by atomic mass is 16.6. The fraction of sp³-hybridized carbons (Fsp3) is 0.846. The summed E-state index contributed by atoms with van der Waals surface area (Å²) >= 11 is 0. The number of hydrogen-bond donors (Lipinski definition) is 1. The summed E-state index contributed by atoms with van der Waals surface area (Å²) < 4.78 is 10.6. The molecule has 0 fully saturated rings. The first-order chi connectivity index (χ1) is 21.6. The van der Waals surface area contributed by atoms with Crippen molar-refractivity contribution in [3.8, 4) is 0 Å². The summed E-state index contributed by atoms with van der Waals surface area (Å²) in [5.74, 6) is -0.607. The average Bonchev–Trinajstić information content (AvgIpc) is 3.02. The second kappa shape index (κ2) is 35.9. The number of carbonyl (C=O) groups excluding carboxylic acids is 2. The molecule has 44 heavy (non-hydrogen) atoms. The Balaban J connectivity index is 3.58. The van der Waals surface area contributed by atoms with E-state index >= 15 is 0 Å². The molecule has 0 amide bonds. The highest BCUT2D eigenvalue weighted by Crippen LogP contribution is 2.12. The number of esters is 2. The van der Waals surface area contributed by atoms with Gasteiger partial charge in [-0.25, -0.2) is 0 Å². The van der Waals surface area contributed by atoms with Gasteiger partial charge in [0.05, 0.1) is 6.61 Å². The van der Waals surface area contributed by atoms with E-state index in [1.54, 1.807) is 0 Å². The van der Waals surface area contributed by atoms with Crippen molar-refractivity contribution in [2.75, 3.05) is 13.2 Å². The van der Waals surface area contributed by atoms with Crippen molar-refractivity contribution in [1.29, 1.82) is 0 Å². The molecule has 0 bridgehead atoms. The van der Waals surface area contributed by atoms with Gasteiger partial charge < -0.3 is 14.6 Å². The molecule has 0 aliphatic carbocycles. The van der Waals surface area contributed by atoms with E-state index in [9.17, 15) is 14.7 Å². The third-order valence-corrected chi connectivity index (χ3v) is 8.22. The molecule has 0 rings (SSSR count). The molecular weight excluding hydrogens is 548 g/mol. The second-order valence-electron chi connectivity index (χ2n) is 12.6. The summed E-state index contributed by atoms with van der Waals surface area (Å²) in [6.07, 6.45) is 40.9. The van der Waals surface area contributed by atoms with Gasteiger partial charge in [0.1, 0.15) is 6.61 Å². The predicted octanol–water partition coefficient (Wildman–Crippen LogP) is 11.5. The summed E-state index contributed by atoms with van der Waals surface area (Å²) in [6.45, 7) is 4.11. The van der Waals surface area contributed by atoms with Crippen LogP contribution in [0, 0.1) is 0 Å². The summed E-state index contributed by atoms with van der Waals surface area (Å²) in [6, 6.07) is 0. The summed E-state index contributed by atoms with van der Waals surface area (Å²) in [4.78, 5) is 24.2. The van der Waals surface area contributed by atoms with Crippen LogP contribution in [0.2, 0.25) is 0 Å². The van der Waals surface area contributed by atoms with E-state index in [0.29, 0.717) is 12.8 Å². The molecule has 1 atom stereocenters. The Labute approximate surface area is 273 Å². The van der Waals surface area contributed by atoms with Gasteiger partial charge in [0.15, 0.2) is 6.10 Å². The van der Waals surface area contributed by atoms with Gasteiger partial charge in [-0.2, -0.15) is 0 Å². The van der Waals surface area contributed by atoms with Gasteiger partial charge >= 0.3 is 11.9 Å². The topological polar surface area (TPSA) is 72.8 Å². The molecule has 0 aromatic rings. The first-order valence-electron chi connectivity index (χ1n) is 18.9. The Morgan fingerprint density at radius 1 is 0.500 bits per heavy atom. The maximum atomic E-state index is 12.1. The number of aliphatic hydroxyl groups excluding tert-OH is 1. The van der Waals surface area contributed by atoms with Gasteiger partial charge in [-0.3, -0.25) is 9.59 Å². The molecule has 1 N–H and O–H groups in total. The Bertz CT molecular complexity index is 671. The van der Waals surface area contributed by atoms with Crippen LogP contribution in [-0.4, -0.2) is 36.4 Å². The number of allylic oxidation sites excluding steroid dienone is 4. The minimum atomic E-state index is -0.774. The highest BCUT2D eigenvalue weighted by molar-refractivity contribution is 5.70. The SMILES string of the molecule is CCCCCCCC/C=C\CCCCCCCC(=O)OC[C@H](CO)OC(=O)CCCCCCC/C=C\CCCCCCCC. The lowest BCUT2D eigenvalue weighted by molar-refractivity contribution is -0.161. The van der Waals surface area contributed by atoms with Crippen LogP contribution in [0.5, 0.6) is 0 Å². The zero-order valence-electron chi connectivity index (χ0n) is 29.2. The highest BCUT2D eigenvalue weighted by Gasteiger charge is 2.16. The fourth-order valence-electron chi connectivity index (χ4n) is 5.31. The third kappa shape index (κ3) is 33.3. The zero-order valence-corrected chi connectivity index (χ0v) is 29.2. The molecule has 0 aliphatic rings. The normalized spacial score (nSPS) is 12.3. The lowest BCUT2D eigenvalue weighted by Gasteiger charge is -2.15. The van der Waals surface area contributed by atoms with Gasteiger partial charge in [0.25, 0.3) is 0 Å². The molecule has 258 valence electrons. The van der Waals surface area contributed by atoms with Gasteiger partial charge in [-0.05, 0) is 64.2 Å². The van der Waals surface area contributed by atoms with Gasteiger partial charge in [0.2, 0.25) is 0 Å². The average molecular weight is 621 g/mol. The smallest absolute Gasteiger partial charge is 0.306 e. The molecule has 0 aliphatic heterocycles. The third-order valence-electron chi connectivity index (χ3n) is 8.22. The van der Waals surface area contributed by atoms with E-state index < -0.39 is 6.10 Å². The lowest BCUT2D eigenvalue weighted by Crippen LogP contribution is -2.28. The summed E-state index contributed by atoms with van der Waals surface area (Å²) in [5.41, 5.74) is 0. The molecule has 0 saturated heterocycles. The quantitative estimate of drug-likeness (QED) is 0.0440. The van der Waals surface area contributed by atoms with Crippen molar-refractivity contribution in [3.63, 3.8) is 0 Å². The van der Waals surface area contributed by atoms with Crippen LogP contribution in [0.1, 0.15) is 194 Å². The Kier molecular flexibility index (Phi) is 34.5. The molecule has 0 aromatic carbocycles. The van der Waals surface area contributed by atoms with Crippen LogP contribution in [0.3, 0.4) is 0 Å². The van der Waals surface area contributed by atoms with E-state index in [2.05, 4.69) is 38.2 Å². The van der Waals surface area contributed by atoms with Gasteiger partial charge in [0, 0.05) is 12.8 Å². The van der Waals surface area contributed by atoms with E-state index in [1.807, 2.05) is 0 Å². The molecule has 0 saturated carbocycles. The molecule has 5 nitrogen and oxygen atoms in total. The van der Waals surface area contributed by atoms with Crippen molar-refractivity contribution < 1.29 is 24.2 Å². The van der Waals surface area contributed by atoms with E-state index in [1.165, 1.54) is 116 Å². The Morgan fingerprint density at radius 2 is 0.841 bits per heavy atom. The predicted molar refractivity (Wildman–Crippen MR) is 187 cm³/mol.